The lowest BCUT2D eigenvalue weighted by Gasteiger charge is -2.19. The molecule has 1 aliphatic rings. The van der Waals surface area contributed by atoms with Crippen molar-refractivity contribution >= 4 is 12.0 Å². The van der Waals surface area contributed by atoms with Gasteiger partial charge in [-0.1, -0.05) is 48.5 Å². The Morgan fingerprint density at radius 2 is 1.83 bits per heavy atom. The fourth-order valence-corrected chi connectivity index (χ4v) is 2.69. The predicted molar refractivity (Wildman–Crippen MR) is 82.2 cm³/mol. The molecule has 5 heteroatoms. The molecular formula is C18H16FNO3. The van der Waals surface area contributed by atoms with Crippen molar-refractivity contribution in [2.24, 2.45) is 0 Å². The number of hydrogen-bond acceptors (Lipinski definition) is 3. The van der Waals surface area contributed by atoms with E-state index in [0.29, 0.717) is 6.42 Å². The third-order valence-electron chi connectivity index (χ3n) is 3.84. The molecule has 0 radical (unpaired) electrons. The zero-order valence-electron chi connectivity index (χ0n) is 12.4. The molecule has 4 nitrogen and oxygen atoms in total. The van der Waals surface area contributed by atoms with Crippen molar-refractivity contribution in [3.8, 4) is 0 Å². The van der Waals surface area contributed by atoms with Crippen molar-refractivity contribution in [2.75, 3.05) is 6.61 Å². The third kappa shape index (κ3) is 3.39. The zero-order chi connectivity index (χ0) is 16.2. The highest BCUT2D eigenvalue weighted by molar-refractivity contribution is 5.94. The van der Waals surface area contributed by atoms with E-state index in [4.69, 9.17) is 4.74 Å². The Bertz CT molecular complexity index is 717. The number of cyclic esters (lactones) is 1. The minimum atomic E-state index is -0.660. The minimum Gasteiger partial charge on any atom is -0.447 e. The highest BCUT2D eigenvalue weighted by Crippen LogP contribution is 2.19. The number of imide groups is 1. The third-order valence-corrected chi connectivity index (χ3v) is 3.84. The number of carbonyl (C=O) groups excluding carboxylic acids is 2. The maximum absolute atomic E-state index is 13.7. The monoisotopic (exact) mass is 313 g/mol. The van der Waals surface area contributed by atoms with Gasteiger partial charge in [0.05, 0.1) is 12.5 Å². The van der Waals surface area contributed by atoms with Gasteiger partial charge < -0.3 is 4.74 Å². The normalized spacial score (nSPS) is 17.2. The van der Waals surface area contributed by atoms with Crippen LogP contribution in [-0.4, -0.2) is 29.5 Å². The van der Waals surface area contributed by atoms with E-state index in [0.717, 1.165) is 10.5 Å². The van der Waals surface area contributed by atoms with E-state index in [2.05, 4.69) is 0 Å². The number of ether oxygens (including phenoxy) is 1. The molecule has 0 bridgehead atoms. The van der Waals surface area contributed by atoms with Crippen LogP contribution in [0.5, 0.6) is 0 Å². The van der Waals surface area contributed by atoms with E-state index in [1.165, 1.54) is 6.07 Å². The molecule has 1 aliphatic heterocycles. The molecule has 1 fully saturated rings. The van der Waals surface area contributed by atoms with Crippen LogP contribution >= 0.6 is 0 Å². The SMILES string of the molecule is O=C(Cc1ccccc1F)N1C(=O)OC[C@H]1Cc1ccccc1. The van der Waals surface area contributed by atoms with Crippen LogP contribution in [0.25, 0.3) is 0 Å². The summed E-state index contributed by atoms with van der Waals surface area (Å²) in [5.41, 5.74) is 1.29. The second-order valence-corrected chi connectivity index (χ2v) is 5.45. The number of hydrogen-bond donors (Lipinski definition) is 0. The highest BCUT2D eigenvalue weighted by atomic mass is 19.1. The first-order valence-electron chi connectivity index (χ1n) is 7.41. The zero-order valence-corrected chi connectivity index (χ0v) is 12.4. The standard InChI is InChI=1S/C18H16FNO3/c19-16-9-5-4-8-14(16)11-17(21)20-15(12-23-18(20)22)10-13-6-2-1-3-7-13/h1-9,15H,10-12H2/t15-/m1/s1. The molecule has 2 aromatic carbocycles. The lowest BCUT2D eigenvalue weighted by molar-refractivity contribution is -0.128. The summed E-state index contributed by atoms with van der Waals surface area (Å²) < 4.78 is 18.7. The molecule has 118 valence electrons. The molecule has 1 atom stereocenters. The number of benzene rings is 2. The molecule has 23 heavy (non-hydrogen) atoms. The summed E-state index contributed by atoms with van der Waals surface area (Å²) in [4.78, 5) is 25.4. The molecule has 1 saturated heterocycles. The molecule has 2 aromatic rings. The summed E-state index contributed by atoms with van der Waals surface area (Å²) in [7, 11) is 0. The molecule has 0 N–H and O–H groups in total. The van der Waals surface area contributed by atoms with Gasteiger partial charge in [0.15, 0.2) is 0 Å². The molecular weight excluding hydrogens is 297 g/mol. The first-order chi connectivity index (χ1) is 11.1. The van der Waals surface area contributed by atoms with Crippen molar-refractivity contribution in [2.45, 2.75) is 18.9 Å². The fraction of sp³-hybridized carbons (Fsp3) is 0.222. The topological polar surface area (TPSA) is 46.6 Å². The van der Waals surface area contributed by atoms with Crippen molar-refractivity contribution in [1.82, 2.24) is 4.90 Å². The number of carbonyl (C=O) groups is 2. The van der Waals surface area contributed by atoms with Crippen LogP contribution < -0.4 is 0 Å². The lowest BCUT2D eigenvalue weighted by atomic mass is 10.0. The van der Waals surface area contributed by atoms with Gasteiger partial charge in [0.1, 0.15) is 12.4 Å². The van der Waals surface area contributed by atoms with Crippen molar-refractivity contribution < 1.29 is 18.7 Å². The summed E-state index contributed by atoms with van der Waals surface area (Å²) in [5.74, 6) is -0.897. The predicted octanol–water partition coefficient (Wildman–Crippen LogP) is 2.96. The van der Waals surface area contributed by atoms with Gasteiger partial charge in [0.2, 0.25) is 5.91 Å². The van der Waals surface area contributed by atoms with Crippen LogP contribution in [-0.2, 0) is 22.4 Å². The summed E-state index contributed by atoms with van der Waals surface area (Å²) in [6.07, 6.45) is -0.296. The van der Waals surface area contributed by atoms with Crippen molar-refractivity contribution in [3.05, 3.63) is 71.5 Å². The summed E-state index contributed by atoms with van der Waals surface area (Å²) in [5, 5.41) is 0. The Labute approximate surface area is 133 Å². The number of rotatable bonds is 4. The Morgan fingerprint density at radius 3 is 2.57 bits per heavy atom. The van der Waals surface area contributed by atoms with E-state index in [-0.39, 0.29) is 24.6 Å². The van der Waals surface area contributed by atoms with Gasteiger partial charge >= 0.3 is 6.09 Å². The highest BCUT2D eigenvalue weighted by Gasteiger charge is 2.37. The Hall–Kier alpha value is -2.69. The van der Waals surface area contributed by atoms with E-state index in [1.54, 1.807) is 18.2 Å². The smallest absolute Gasteiger partial charge is 0.416 e. The largest absolute Gasteiger partial charge is 0.447 e. The Morgan fingerprint density at radius 1 is 1.13 bits per heavy atom. The van der Waals surface area contributed by atoms with Crippen molar-refractivity contribution in [1.29, 1.82) is 0 Å². The van der Waals surface area contributed by atoms with Gasteiger partial charge in [0, 0.05) is 0 Å². The first kappa shape index (κ1) is 15.2. The maximum Gasteiger partial charge on any atom is 0.416 e. The van der Waals surface area contributed by atoms with Gasteiger partial charge in [0.25, 0.3) is 0 Å². The second-order valence-electron chi connectivity index (χ2n) is 5.45. The van der Waals surface area contributed by atoms with E-state index < -0.39 is 17.8 Å². The van der Waals surface area contributed by atoms with Crippen LogP contribution in [0.15, 0.2) is 54.6 Å². The fourth-order valence-electron chi connectivity index (χ4n) is 2.69. The van der Waals surface area contributed by atoms with Gasteiger partial charge in [-0.05, 0) is 23.6 Å². The van der Waals surface area contributed by atoms with Gasteiger partial charge in [-0.3, -0.25) is 4.79 Å². The van der Waals surface area contributed by atoms with E-state index in [1.807, 2.05) is 30.3 Å². The molecule has 0 aliphatic carbocycles. The second kappa shape index (κ2) is 6.60. The number of amides is 2. The van der Waals surface area contributed by atoms with Crippen LogP contribution in [0.1, 0.15) is 11.1 Å². The molecule has 0 saturated carbocycles. The van der Waals surface area contributed by atoms with Gasteiger partial charge in [-0.2, -0.15) is 0 Å². The van der Waals surface area contributed by atoms with Gasteiger partial charge in [-0.15, -0.1) is 0 Å². The van der Waals surface area contributed by atoms with Crippen molar-refractivity contribution in [3.63, 3.8) is 0 Å². The number of nitrogens with zero attached hydrogens (tertiary/aromatic N) is 1. The quantitative estimate of drug-likeness (QED) is 0.872. The summed E-state index contributed by atoms with van der Waals surface area (Å²) >= 11 is 0. The Balaban J connectivity index is 1.74. The molecule has 0 spiro atoms. The van der Waals surface area contributed by atoms with Crippen LogP contribution in [0.4, 0.5) is 9.18 Å². The van der Waals surface area contributed by atoms with Crippen LogP contribution in [0.3, 0.4) is 0 Å². The summed E-state index contributed by atoms with van der Waals surface area (Å²) in [6, 6.07) is 15.3. The number of halogens is 1. The summed E-state index contributed by atoms with van der Waals surface area (Å²) in [6.45, 7) is 0.163. The van der Waals surface area contributed by atoms with Crippen LogP contribution in [0.2, 0.25) is 0 Å². The molecule has 1 heterocycles. The average molecular weight is 313 g/mol. The molecule has 2 amide bonds. The maximum atomic E-state index is 13.7. The molecule has 0 aromatic heterocycles. The average Bonchev–Trinajstić information content (AvgIpc) is 2.91. The van der Waals surface area contributed by atoms with Gasteiger partial charge in [-0.25, -0.2) is 14.1 Å². The van der Waals surface area contributed by atoms with Crippen LogP contribution in [0, 0.1) is 5.82 Å². The minimum absolute atomic E-state index is 0.160. The van der Waals surface area contributed by atoms with E-state index in [9.17, 15) is 14.0 Å². The molecule has 0 unspecified atom stereocenters. The van der Waals surface area contributed by atoms with E-state index >= 15 is 0 Å². The Kier molecular flexibility index (Phi) is 4.37. The molecule has 3 rings (SSSR count). The first-order valence-corrected chi connectivity index (χ1v) is 7.41. The lowest BCUT2D eigenvalue weighted by Crippen LogP contribution is -2.41.